The predicted octanol–water partition coefficient (Wildman–Crippen LogP) is 1.73. The number of amides is 1. The molecule has 0 spiro atoms. The van der Waals surface area contributed by atoms with Gasteiger partial charge in [0.1, 0.15) is 5.76 Å². The van der Waals surface area contributed by atoms with E-state index in [9.17, 15) is 13.2 Å². The van der Waals surface area contributed by atoms with Crippen LogP contribution < -0.4 is 10.5 Å². The van der Waals surface area contributed by atoms with E-state index in [0.29, 0.717) is 16.9 Å². The lowest BCUT2D eigenvalue weighted by atomic mass is 10.1. The van der Waals surface area contributed by atoms with Crippen molar-refractivity contribution < 1.29 is 17.6 Å². The van der Waals surface area contributed by atoms with Crippen LogP contribution in [0, 0.1) is 6.92 Å². The van der Waals surface area contributed by atoms with Crippen LogP contribution in [0.1, 0.15) is 34.6 Å². The molecule has 2 rings (SSSR count). The van der Waals surface area contributed by atoms with E-state index in [1.807, 2.05) is 0 Å². The standard InChI is InChI=1S/C14H16N2O4S/c1-9(16-14(17)13-6-7-20-10(13)2)11-4-3-5-12(8-11)21(15,18)19/h3-9H,1-2H3,(H,16,17)(H2,15,18,19). The smallest absolute Gasteiger partial charge is 0.255 e. The van der Waals surface area contributed by atoms with E-state index in [-0.39, 0.29) is 16.8 Å². The Bertz CT molecular complexity index is 765. The zero-order chi connectivity index (χ0) is 15.6. The average molecular weight is 308 g/mol. The van der Waals surface area contributed by atoms with Crippen LogP contribution in [-0.4, -0.2) is 14.3 Å². The number of hydrogen-bond donors (Lipinski definition) is 2. The lowest BCUT2D eigenvalue weighted by Gasteiger charge is -2.14. The Hall–Kier alpha value is -2.12. The maximum atomic E-state index is 12.1. The summed E-state index contributed by atoms with van der Waals surface area (Å²) in [5.74, 6) is 0.243. The molecule has 6 nitrogen and oxygen atoms in total. The van der Waals surface area contributed by atoms with Crippen LogP contribution in [0.3, 0.4) is 0 Å². The van der Waals surface area contributed by atoms with Crippen molar-refractivity contribution in [2.45, 2.75) is 24.8 Å². The van der Waals surface area contributed by atoms with Crippen molar-refractivity contribution in [3.8, 4) is 0 Å². The van der Waals surface area contributed by atoms with E-state index in [0.717, 1.165) is 0 Å². The Balaban J connectivity index is 2.19. The first-order chi connectivity index (χ1) is 9.79. The number of nitrogens with one attached hydrogen (secondary N) is 1. The molecule has 1 amide bonds. The molecule has 1 heterocycles. The number of nitrogens with two attached hydrogens (primary N) is 1. The predicted molar refractivity (Wildman–Crippen MR) is 77.1 cm³/mol. The molecule has 0 aliphatic carbocycles. The fourth-order valence-electron chi connectivity index (χ4n) is 1.94. The van der Waals surface area contributed by atoms with Crippen LogP contribution >= 0.6 is 0 Å². The van der Waals surface area contributed by atoms with E-state index >= 15 is 0 Å². The Morgan fingerprint density at radius 2 is 2.05 bits per heavy atom. The summed E-state index contributed by atoms with van der Waals surface area (Å²) in [5, 5.41) is 7.88. The summed E-state index contributed by atoms with van der Waals surface area (Å²) in [4.78, 5) is 12.1. The van der Waals surface area contributed by atoms with Gasteiger partial charge in [-0.3, -0.25) is 4.79 Å². The van der Waals surface area contributed by atoms with Gasteiger partial charge in [0.2, 0.25) is 10.0 Å². The van der Waals surface area contributed by atoms with Crippen molar-refractivity contribution in [2.75, 3.05) is 0 Å². The number of carbonyl (C=O) groups is 1. The molecule has 0 radical (unpaired) electrons. The van der Waals surface area contributed by atoms with Gasteiger partial charge >= 0.3 is 0 Å². The highest BCUT2D eigenvalue weighted by molar-refractivity contribution is 7.89. The number of sulfonamides is 1. The van der Waals surface area contributed by atoms with Gasteiger partial charge in [0.05, 0.1) is 22.8 Å². The number of furan rings is 1. The molecule has 0 aliphatic rings. The molecule has 1 atom stereocenters. The minimum atomic E-state index is -3.76. The van der Waals surface area contributed by atoms with Gasteiger partial charge in [-0.25, -0.2) is 13.6 Å². The number of carbonyl (C=O) groups excluding carboxylic acids is 1. The van der Waals surface area contributed by atoms with Gasteiger partial charge < -0.3 is 9.73 Å². The SMILES string of the molecule is Cc1occc1C(=O)NC(C)c1cccc(S(N)(=O)=O)c1. The van der Waals surface area contributed by atoms with Gasteiger partial charge in [-0.05, 0) is 37.6 Å². The molecule has 2 aromatic rings. The highest BCUT2D eigenvalue weighted by Gasteiger charge is 2.16. The molecule has 1 aromatic carbocycles. The second-order valence-electron chi connectivity index (χ2n) is 4.70. The van der Waals surface area contributed by atoms with E-state index in [1.165, 1.54) is 18.4 Å². The van der Waals surface area contributed by atoms with E-state index in [2.05, 4.69) is 5.32 Å². The molecule has 21 heavy (non-hydrogen) atoms. The van der Waals surface area contributed by atoms with Gasteiger partial charge in [-0.2, -0.15) is 0 Å². The third kappa shape index (κ3) is 3.50. The Labute approximate surface area is 123 Å². The summed E-state index contributed by atoms with van der Waals surface area (Å²) in [6.07, 6.45) is 1.44. The van der Waals surface area contributed by atoms with Crippen molar-refractivity contribution in [2.24, 2.45) is 5.14 Å². The lowest BCUT2D eigenvalue weighted by molar-refractivity contribution is 0.0938. The van der Waals surface area contributed by atoms with Crippen LogP contribution in [0.25, 0.3) is 0 Å². The third-order valence-electron chi connectivity index (χ3n) is 3.14. The number of primary sulfonamides is 1. The maximum Gasteiger partial charge on any atom is 0.255 e. The molecule has 0 fully saturated rings. The number of aryl methyl sites for hydroxylation is 1. The summed E-state index contributed by atoms with van der Waals surface area (Å²) in [6, 6.07) is 7.38. The molecule has 1 unspecified atom stereocenters. The molecule has 0 saturated heterocycles. The molecule has 0 bridgehead atoms. The second-order valence-corrected chi connectivity index (χ2v) is 6.26. The normalized spacial score (nSPS) is 12.9. The third-order valence-corrected chi connectivity index (χ3v) is 4.05. The summed E-state index contributed by atoms with van der Waals surface area (Å²) in [7, 11) is -3.76. The van der Waals surface area contributed by atoms with Crippen LogP contribution in [0.4, 0.5) is 0 Å². The maximum absolute atomic E-state index is 12.1. The first kappa shape index (κ1) is 15.3. The van der Waals surface area contributed by atoms with Crippen LogP contribution in [0.5, 0.6) is 0 Å². The topological polar surface area (TPSA) is 102 Å². The molecular weight excluding hydrogens is 292 g/mol. The average Bonchev–Trinajstić information content (AvgIpc) is 2.84. The van der Waals surface area contributed by atoms with Crippen molar-refractivity contribution in [3.05, 3.63) is 53.5 Å². The fourth-order valence-corrected chi connectivity index (χ4v) is 2.51. The van der Waals surface area contributed by atoms with Crippen molar-refractivity contribution in [1.29, 1.82) is 0 Å². The summed E-state index contributed by atoms with van der Waals surface area (Å²) in [6.45, 7) is 3.46. The number of hydrogen-bond acceptors (Lipinski definition) is 4. The highest BCUT2D eigenvalue weighted by Crippen LogP contribution is 2.18. The minimum Gasteiger partial charge on any atom is -0.469 e. The van der Waals surface area contributed by atoms with Gasteiger partial charge in [-0.1, -0.05) is 12.1 Å². The zero-order valence-corrected chi connectivity index (χ0v) is 12.5. The fraction of sp³-hybridized carbons (Fsp3) is 0.214. The monoisotopic (exact) mass is 308 g/mol. The quantitative estimate of drug-likeness (QED) is 0.897. The largest absolute Gasteiger partial charge is 0.469 e. The van der Waals surface area contributed by atoms with Crippen molar-refractivity contribution >= 4 is 15.9 Å². The van der Waals surface area contributed by atoms with Crippen LogP contribution in [0.2, 0.25) is 0 Å². The lowest BCUT2D eigenvalue weighted by Crippen LogP contribution is -2.27. The zero-order valence-electron chi connectivity index (χ0n) is 11.7. The Morgan fingerprint density at radius 3 is 2.62 bits per heavy atom. The molecular formula is C14H16N2O4S. The first-order valence-corrected chi connectivity index (χ1v) is 7.81. The second kappa shape index (κ2) is 5.71. The van der Waals surface area contributed by atoms with E-state index < -0.39 is 10.0 Å². The van der Waals surface area contributed by atoms with E-state index in [1.54, 1.807) is 32.0 Å². The molecule has 1 aromatic heterocycles. The van der Waals surface area contributed by atoms with Gasteiger partial charge in [0.15, 0.2) is 0 Å². The summed E-state index contributed by atoms with van der Waals surface area (Å²) < 4.78 is 27.8. The Kier molecular flexibility index (Phi) is 4.15. The van der Waals surface area contributed by atoms with E-state index in [4.69, 9.17) is 9.56 Å². The molecule has 0 saturated carbocycles. The van der Waals surface area contributed by atoms with Crippen LogP contribution in [0.15, 0.2) is 45.9 Å². The van der Waals surface area contributed by atoms with Crippen molar-refractivity contribution in [3.63, 3.8) is 0 Å². The van der Waals surface area contributed by atoms with Crippen LogP contribution in [-0.2, 0) is 10.0 Å². The highest BCUT2D eigenvalue weighted by atomic mass is 32.2. The summed E-state index contributed by atoms with van der Waals surface area (Å²) in [5.41, 5.74) is 1.10. The number of rotatable bonds is 4. The molecule has 0 aliphatic heterocycles. The number of benzene rings is 1. The van der Waals surface area contributed by atoms with Gasteiger partial charge in [0, 0.05) is 0 Å². The summed E-state index contributed by atoms with van der Waals surface area (Å²) >= 11 is 0. The first-order valence-electron chi connectivity index (χ1n) is 6.27. The molecule has 3 N–H and O–H groups in total. The molecule has 7 heteroatoms. The Morgan fingerprint density at radius 1 is 1.33 bits per heavy atom. The van der Waals surface area contributed by atoms with Gasteiger partial charge in [0.25, 0.3) is 5.91 Å². The minimum absolute atomic E-state index is 0.0144. The van der Waals surface area contributed by atoms with Gasteiger partial charge in [-0.15, -0.1) is 0 Å². The van der Waals surface area contributed by atoms with Crippen molar-refractivity contribution in [1.82, 2.24) is 5.32 Å². The molecule has 112 valence electrons.